The number of hydrogen-bond donors (Lipinski definition) is 1. The molecule has 0 saturated heterocycles. The number of aromatic carboxylic acids is 1. The van der Waals surface area contributed by atoms with Gasteiger partial charge < -0.3 is 19.3 Å². The first-order valence-electron chi connectivity index (χ1n) is 12.2. The third-order valence-electron chi connectivity index (χ3n) is 6.28. The first-order chi connectivity index (χ1) is 18.7. The summed E-state index contributed by atoms with van der Waals surface area (Å²) in [5.41, 5.74) is 1.95. The van der Waals surface area contributed by atoms with E-state index in [1.54, 1.807) is 36.5 Å². The highest BCUT2D eigenvalue weighted by Crippen LogP contribution is 2.38. The topological polar surface area (TPSA) is 112 Å². The lowest BCUT2D eigenvalue weighted by atomic mass is 10.1. The number of hydrogen-bond acceptors (Lipinski definition) is 7. The van der Waals surface area contributed by atoms with Crippen molar-refractivity contribution < 1.29 is 24.1 Å². The lowest BCUT2D eigenvalue weighted by Crippen LogP contribution is -2.23. The summed E-state index contributed by atoms with van der Waals surface area (Å²) in [6.07, 6.45) is 2.34. The Morgan fingerprint density at radius 1 is 1.10 bits per heavy atom. The smallest absolute Gasteiger partial charge is 0.335 e. The Balaban J connectivity index is 1.69. The van der Waals surface area contributed by atoms with Crippen molar-refractivity contribution in [3.63, 3.8) is 0 Å². The molecule has 1 N–H and O–H groups in total. The summed E-state index contributed by atoms with van der Waals surface area (Å²) < 4.78 is 19.2. The minimum atomic E-state index is -0.992. The molecule has 202 valence electrons. The number of rotatable bonds is 10. The van der Waals surface area contributed by atoms with E-state index in [1.165, 1.54) is 31.0 Å². The second-order valence-corrected chi connectivity index (χ2v) is 9.76. The zero-order valence-corrected chi connectivity index (χ0v) is 23.6. The number of carbonyl (C=O) groups is 1. The molecule has 1 aromatic heterocycles. The Morgan fingerprint density at radius 3 is 2.36 bits per heavy atom. The summed E-state index contributed by atoms with van der Waals surface area (Å²) in [7, 11) is 3.03. The highest BCUT2D eigenvalue weighted by Gasteiger charge is 2.17. The van der Waals surface area contributed by atoms with Crippen LogP contribution in [0, 0.1) is 0 Å². The first-order valence-corrected chi connectivity index (χ1v) is 13.0. The minimum absolute atomic E-state index is 0.00677. The predicted octanol–water partition coefficient (Wildman–Crippen LogP) is 5.85. The summed E-state index contributed by atoms with van der Waals surface area (Å²) in [6.45, 7) is 4.21. The molecule has 0 fully saturated rings. The summed E-state index contributed by atoms with van der Waals surface area (Å²) in [4.78, 5) is 29.2. The second-order valence-electron chi connectivity index (χ2n) is 8.85. The quantitative estimate of drug-likeness (QED) is 0.229. The van der Waals surface area contributed by atoms with E-state index in [0.29, 0.717) is 39.5 Å². The molecule has 1 heterocycles. The van der Waals surface area contributed by atoms with Crippen molar-refractivity contribution in [1.29, 1.82) is 0 Å². The second kappa shape index (κ2) is 12.1. The van der Waals surface area contributed by atoms with E-state index in [4.69, 9.17) is 24.3 Å². The van der Waals surface area contributed by atoms with Gasteiger partial charge in [-0.3, -0.25) is 4.79 Å². The number of aromatic nitrogens is 2. The number of carboxylic acid groups (broad SMARTS) is 1. The number of fused-ring (bicyclic) bond motifs is 1. The number of ether oxygens (including phenoxy) is 3. The number of halogens is 1. The van der Waals surface area contributed by atoms with Crippen molar-refractivity contribution >= 4 is 39.0 Å². The number of carboxylic acids is 1. The molecule has 39 heavy (non-hydrogen) atoms. The molecule has 0 aliphatic carbocycles. The van der Waals surface area contributed by atoms with Crippen molar-refractivity contribution in [3.05, 3.63) is 91.9 Å². The predicted molar refractivity (Wildman–Crippen MR) is 153 cm³/mol. The zero-order valence-electron chi connectivity index (χ0n) is 22.0. The maximum atomic E-state index is 13.4. The third kappa shape index (κ3) is 6.12. The molecular formula is C29H28BrN3O6. The largest absolute Gasteiger partial charge is 0.493 e. The molecule has 9 nitrogen and oxygen atoms in total. The van der Waals surface area contributed by atoms with E-state index in [1.807, 2.05) is 26.0 Å². The van der Waals surface area contributed by atoms with Crippen LogP contribution in [0.1, 0.15) is 53.5 Å². The SMILES string of the molecule is CC[C@H](C)c1nc2ccc(Br)cc2c(=O)n1N=Cc1cc(OC)c(OCc2ccc(C(=O)O)cc2)c(OC)c1. The van der Waals surface area contributed by atoms with Crippen molar-refractivity contribution in [3.8, 4) is 17.2 Å². The molecule has 0 aliphatic rings. The van der Waals surface area contributed by atoms with Gasteiger partial charge >= 0.3 is 5.97 Å². The highest BCUT2D eigenvalue weighted by molar-refractivity contribution is 9.10. The van der Waals surface area contributed by atoms with Crippen LogP contribution in [0.25, 0.3) is 10.9 Å². The van der Waals surface area contributed by atoms with E-state index < -0.39 is 5.97 Å². The van der Waals surface area contributed by atoms with Gasteiger partial charge in [-0.2, -0.15) is 9.78 Å². The maximum Gasteiger partial charge on any atom is 0.335 e. The molecule has 4 rings (SSSR count). The van der Waals surface area contributed by atoms with Gasteiger partial charge in [0.2, 0.25) is 5.75 Å². The average Bonchev–Trinajstić information content (AvgIpc) is 2.95. The Hall–Kier alpha value is -4.18. The molecule has 0 unspecified atom stereocenters. The third-order valence-corrected chi connectivity index (χ3v) is 6.77. The van der Waals surface area contributed by atoms with Gasteiger partial charge in [-0.1, -0.05) is 41.9 Å². The van der Waals surface area contributed by atoms with Crippen molar-refractivity contribution in [1.82, 2.24) is 9.66 Å². The fraction of sp³-hybridized carbons (Fsp3) is 0.241. The normalized spacial score (nSPS) is 12.0. The molecular weight excluding hydrogens is 566 g/mol. The summed E-state index contributed by atoms with van der Waals surface area (Å²) >= 11 is 3.43. The Kier molecular flexibility index (Phi) is 8.65. The minimum Gasteiger partial charge on any atom is -0.493 e. The zero-order chi connectivity index (χ0) is 28.1. The molecule has 1 atom stereocenters. The van der Waals surface area contributed by atoms with Crippen LogP contribution in [-0.2, 0) is 6.61 Å². The van der Waals surface area contributed by atoms with E-state index in [0.717, 1.165) is 16.5 Å². The van der Waals surface area contributed by atoms with Crippen LogP contribution in [-0.4, -0.2) is 41.2 Å². The van der Waals surface area contributed by atoms with E-state index in [2.05, 4.69) is 21.0 Å². The number of nitrogens with zero attached hydrogens (tertiary/aromatic N) is 3. The number of methoxy groups -OCH3 is 2. The Bertz CT molecular complexity index is 1570. The highest BCUT2D eigenvalue weighted by atomic mass is 79.9. The van der Waals surface area contributed by atoms with Crippen LogP contribution in [0.2, 0.25) is 0 Å². The molecule has 0 amide bonds. The molecule has 4 aromatic rings. The summed E-state index contributed by atoms with van der Waals surface area (Å²) in [5, 5.41) is 14.1. The summed E-state index contributed by atoms with van der Waals surface area (Å²) in [6, 6.07) is 15.3. The van der Waals surface area contributed by atoms with Gasteiger partial charge in [-0.15, -0.1) is 0 Å². The van der Waals surface area contributed by atoms with E-state index >= 15 is 0 Å². The van der Waals surface area contributed by atoms with Crippen LogP contribution in [0.5, 0.6) is 17.2 Å². The fourth-order valence-corrected chi connectivity index (χ4v) is 4.28. The van der Waals surface area contributed by atoms with Crippen LogP contribution >= 0.6 is 15.9 Å². The van der Waals surface area contributed by atoms with Gasteiger partial charge in [0.15, 0.2) is 11.5 Å². The van der Waals surface area contributed by atoms with E-state index in [9.17, 15) is 9.59 Å². The molecule has 0 bridgehead atoms. The molecule has 10 heteroatoms. The van der Waals surface area contributed by atoms with Gasteiger partial charge in [-0.05, 0) is 54.4 Å². The van der Waals surface area contributed by atoms with Crippen LogP contribution in [0.4, 0.5) is 0 Å². The van der Waals surface area contributed by atoms with Gasteiger partial charge in [0.25, 0.3) is 5.56 Å². The van der Waals surface area contributed by atoms with Crippen molar-refractivity contribution in [2.24, 2.45) is 5.10 Å². The van der Waals surface area contributed by atoms with Crippen LogP contribution < -0.4 is 19.8 Å². The average molecular weight is 594 g/mol. The lowest BCUT2D eigenvalue weighted by molar-refractivity contribution is 0.0697. The summed E-state index contributed by atoms with van der Waals surface area (Å²) in [5.74, 6) is 0.790. The Labute approximate surface area is 233 Å². The monoisotopic (exact) mass is 593 g/mol. The Morgan fingerprint density at radius 2 is 1.77 bits per heavy atom. The molecule has 0 saturated carbocycles. The molecule has 0 spiro atoms. The standard InChI is InChI=1S/C29H28BrN3O6/c1-5-17(2)27-32-23-11-10-21(30)14-22(23)28(34)33(27)31-15-19-12-24(37-3)26(25(13-19)38-4)39-16-18-6-8-20(9-7-18)29(35)36/h6-15,17H,5,16H2,1-4H3,(H,35,36)/t17-/m0/s1. The van der Waals surface area contributed by atoms with Gasteiger partial charge in [0, 0.05) is 16.0 Å². The van der Waals surface area contributed by atoms with Crippen LogP contribution in [0.3, 0.4) is 0 Å². The van der Waals surface area contributed by atoms with Gasteiger partial charge in [0.1, 0.15) is 12.4 Å². The van der Waals surface area contributed by atoms with Crippen molar-refractivity contribution in [2.75, 3.05) is 14.2 Å². The lowest BCUT2D eigenvalue weighted by Gasteiger charge is -2.16. The molecule has 0 radical (unpaired) electrons. The number of benzene rings is 3. The van der Waals surface area contributed by atoms with Gasteiger partial charge in [0.05, 0.1) is 36.9 Å². The molecule has 3 aromatic carbocycles. The molecule has 0 aliphatic heterocycles. The maximum absolute atomic E-state index is 13.4. The van der Waals surface area contributed by atoms with Gasteiger partial charge in [-0.25, -0.2) is 9.78 Å². The van der Waals surface area contributed by atoms with Crippen molar-refractivity contribution in [2.45, 2.75) is 32.8 Å². The fourth-order valence-electron chi connectivity index (χ4n) is 3.92. The van der Waals surface area contributed by atoms with Crippen LogP contribution in [0.15, 0.2) is 69.0 Å². The first kappa shape index (κ1) is 27.8. The van der Waals surface area contributed by atoms with E-state index in [-0.39, 0.29) is 23.6 Å².